The minimum atomic E-state index is -0.761. The molecular weight excluding hydrogens is 268 g/mol. The van der Waals surface area contributed by atoms with Crippen molar-refractivity contribution in [2.75, 3.05) is 13.1 Å². The van der Waals surface area contributed by atoms with Crippen molar-refractivity contribution < 1.29 is 14.7 Å². The monoisotopic (exact) mass is 296 g/mol. The summed E-state index contributed by atoms with van der Waals surface area (Å²) >= 11 is 0. The highest BCUT2D eigenvalue weighted by Gasteiger charge is 2.41. The fourth-order valence-electron chi connectivity index (χ4n) is 3.73. The Labute approximate surface area is 127 Å². The van der Waals surface area contributed by atoms with Gasteiger partial charge in [0.15, 0.2) is 0 Å². The van der Waals surface area contributed by atoms with Crippen LogP contribution in [0, 0.1) is 5.41 Å². The number of likely N-dealkylation sites (tertiary alicyclic amines) is 1. The molecule has 1 aliphatic carbocycles. The zero-order chi connectivity index (χ0) is 15.3. The minimum absolute atomic E-state index is 0.0729. The van der Waals surface area contributed by atoms with E-state index in [4.69, 9.17) is 0 Å². The standard InChI is InChI=1S/C16H28N2O3/c1-2-13-8-4-3-7-11-18(13)15(21)17-12-16(14(19)20)9-5-6-10-16/h13H,2-12H2,1H3,(H,17,21)(H,19,20). The van der Waals surface area contributed by atoms with E-state index in [1.165, 1.54) is 12.8 Å². The Morgan fingerprint density at radius 3 is 2.52 bits per heavy atom. The van der Waals surface area contributed by atoms with Crippen LogP contribution in [0.15, 0.2) is 0 Å². The van der Waals surface area contributed by atoms with Gasteiger partial charge in [-0.1, -0.05) is 32.6 Å². The Morgan fingerprint density at radius 2 is 1.90 bits per heavy atom. The molecule has 1 saturated heterocycles. The van der Waals surface area contributed by atoms with Crippen LogP contribution in [0.4, 0.5) is 4.79 Å². The summed E-state index contributed by atoms with van der Waals surface area (Å²) in [4.78, 5) is 25.9. The maximum atomic E-state index is 12.5. The van der Waals surface area contributed by atoms with E-state index >= 15 is 0 Å². The molecule has 1 atom stereocenters. The van der Waals surface area contributed by atoms with Crippen LogP contribution in [0.2, 0.25) is 0 Å². The van der Waals surface area contributed by atoms with Gasteiger partial charge in [-0.3, -0.25) is 4.79 Å². The lowest BCUT2D eigenvalue weighted by molar-refractivity contribution is -0.148. The number of nitrogens with zero attached hydrogens (tertiary/aromatic N) is 1. The van der Waals surface area contributed by atoms with Gasteiger partial charge in [0, 0.05) is 19.1 Å². The lowest BCUT2D eigenvalue weighted by Crippen LogP contribution is -2.49. The number of amides is 2. The van der Waals surface area contributed by atoms with Crippen LogP contribution < -0.4 is 5.32 Å². The summed E-state index contributed by atoms with van der Waals surface area (Å²) in [6.07, 6.45) is 8.70. The van der Waals surface area contributed by atoms with Crippen LogP contribution in [0.25, 0.3) is 0 Å². The first-order valence-corrected chi connectivity index (χ1v) is 8.37. The SMILES string of the molecule is CCC1CCCCCN1C(=O)NCC1(C(=O)O)CCCC1. The molecular formula is C16H28N2O3. The average Bonchev–Trinajstić information content (AvgIpc) is 2.83. The number of nitrogens with one attached hydrogen (secondary N) is 1. The first-order chi connectivity index (χ1) is 10.1. The molecule has 5 nitrogen and oxygen atoms in total. The number of carbonyl (C=O) groups excluding carboxylic acids is 1. The fraction of sp³-hybridized carbons (Fsp3) is 0.875. The van der Waals surface area contributed by atoms with E-state index in [0.29, 0.717) is 18.9 Å². The lowest BCUT2D eigenvalue weighted by atomic mass is 9.86. The molecule has 0 radical (unpaired) electrons. The molecule has 0 spiro atoms. The third-order valence-electron chi connectivity index (χ3n) is 5.20. The van der Waals surface area contributed by atoms with Gasteiger partial charge in [-0.25, -0.2) is 4.79 Å². The molecule has 2 aliphatic rings. The first kappa shape index (κ1) is 16.1. The molecule has 1 aliphatic heterocycles. The zero-order valence-electron chi connectivity index (χ0n) is 13.1. The Kier molecular flexibility index (Phi) is 5.48. The van der Waals surface area contributed by atoms with Gasteiger partial charge in [0.25, 0.3) is 0 Å². The summed E-state index contributed by atoms with van der Waals surface area (Å²) < 4.78 is 0. The Hall–Kier alpha value is -1.26. The lowest BCUT2D eigenvalue weighted by Gasteiger charge is -2.31. The van der Waals surface area contributed by atoms with Crippen molar-refractivity contribution in [2.45, 2.75) is 70.8 Å². The van der Waals surface area contributed by atoms with Crippen LogP contribution in [-0.2, 0) is 4.79 Å². The van der Waals surface area contributed by atoms with Crippen molar-refractivity contribution in [3.8, 4) is 0 Å². The molecule has 2 fully saturated rings. The largest absolute Gasteiger partial charge is 0.481 e. The molecule has 1 saturated carbocycles. The smallest absolute Gasteiger partial charge is 0.317 e. The van der Waals surface area contributed by atoms with Crippen LogP contribution in [0.3, 0.4) is 0 Å². The minimum Gasteiger partial charge on any atom is -0.481 e. The maximum Gasteiger partial charge on any atom is 0.317 e. The molecule has 1 heterocycles. The normalized spacial score (nSPS) is 25.4. The summed E-state index contributed by atoms with van der Waals surface area (Å²) in [7, 11) is 0. The zero-order valence-corrected chi connectivity index (χ0v) is 13.1. The van der Waals surface area contributed by atoms with E-state index < -0.39 is 11.4 Å². The second-order valence-corrected chi connectivity index (χ2v) is 6.56. The molecule has 2 amide bonds. The molecule has 1 unspecified atom stereocenters. The van der Waals surface area contributed by atoms with E-state index in [2.05, 4.69) is 12.2 Å². The summed E-state index contributed by atoms with van der Waals surface area (Å²) in [5.41, 5.74) is -0.733. The quantitative estimate of drug-likeness (QED) is 0.838. The summed E-state index contributed by atoms with van der Waals surface area (Å²) in [5, 5.41) is 12.4. The second-order valence-electron chi connectivity index (χ2n) is 6.56. The molecule has 2 N–H and O–H groups in total. The Bertz CT molecular complexity index is 378. The number of aliphatic carboxylic acids is 1. The van der Waals surface area contributed by atoms with Gasteiger partial charge in [-0.2, -0.15) is 0 Å². The molecule has 120 valence electrons. The van der Waals surface area contributed by atoms with E-state index in [9.17, 15) is 14.7 Å². The predicted octanol–water partition coefficient (Wildman–Crippen LogP) is 3.00. The predicted molar refractivity (Wildman–Crippen MR) is 81.2 cm³/mol. The maximum absolute atomic E-state index is 12.5. The van der Waals surface area contributed by atoms with Gasteiger partial charge in [0.05, 0.1) is 5.41 Å². The van der Waals surface area contributed by atoms with Crippen molar-refractivity contribution in [2.24, 2.45) is 5.41 Å². The second kappa shape index (κ2) is 7.14. The van der Waals surface area contributed by atoms with Gasteiger partial charge < -0.3 is 15.3 Å². The fourth-order valence-corrected chi connectivity index (χ4v) is 3.73. The van der Waals surface area contributed by atoms with Crippen LogP contribution in [0.1, 0.15) is 64.7 Å². The van der Waals surface area contributed by atoms with Crippen LogP contribution >= 0.6 is 0 Å². The van der Waals surface area contributed by atoms with E-state index in [0.717, 1.165) is 38.6 Å². The Morgan fingerprint density at radius 1 is 1.19 bits per heavy atom. The number of carbonyl (C=O) groups is 2. The summed E-state index contributed by atoms with van der Waals surface area (Å²) in [6.45, 7) is 3.19. The number of carboxylic acid groups (broad SMARTS) is 1. The van der Waals surface area contributed by atoms with Crippen LogP contribution in [0.5, 0.6) is 0 Å². The molecule has 0 aromatic carbocycles. The summed E-state index contributed by atoms with van der Waals surface area (Å²) in [6, 6.07) is 0.230. The highest BCUT2D eigenvalue weighted by molar-refractivity contribution is 5.78. The van der Waals surface area contributed by atoms with Gasteiger partial charge in [-0.15, -0.1) is 0 Å². The molecule has 0 aromatic heterocycles. The van der Waals surface area contributed by atoms with Gasteiger partial charge in [0.2, 0.25) is 0 Å². The van der Waals surface area contributed by atoms with Gasteiger partial charge in [0.1, 0.15) is 0 Å². The number of urea groups is 1. The van der Waals surface area contributed by atoms with Crippen molar-refractivity contribution in [3.05, 3.63) is 0 Å². The van der Waals surface area contributed by atoms with Crippen LogP contribution in [-0.4, -0.2) is 41.1 Å². The molecule has 21 heavy (non-hydrogen) atoms. The van der Waals surface area contributed by atoms with Gasteiger partial charge in [-0.05, 0) is 32.1 Å². The topological polar surface area (TPSA) is 69.6 Å². The highest BCUT2D eigenvalue weighted by Crippen LogP contribution is 2.37. The molecule has 2 rings (SSSR count). The number of rotatable bonds is 4. The third-order valence-corrected chi connectivity index (χ3v) is 5.20. The number of hydrogen-bond donors (Lipinski definition) is 2. The van der Waals surface area contributed by atoms with E-state index in [1.807, 2.05) is 4.90 Å². The van der Waals surface area contributed by atoms with Crippen molar-refractivity contribution >= 4 is 12.0 Å². The average molecular weight is 296 g/mol. The van der Waals surface area contributed by atoms with Crippen molar-refractivity contribution in [3.63, 3.8) is 0 Å². The number of carboxylic acids is 1. The van der Waals surface area contributed by atoms with E-state index in [-0.39, 0.29) is 12.6 Å². The highest BCUT2D eigenvalue weighted by atomic mass is 16.4. The van der Waals surface area contributed by atoms with Crippen molar-refractivity contribution in [1.29, 1.82) is 0 Å². The molecule has 0 bridgehead atoms. The van der Waals surface area contributed by atoms with Gasteiger partial charge >= 0.3 is 12.0 Å². The van der Waals surface area contributed by atoms with E-state index in [1.54, 1.807) is 0 Å². The Balaban J connectivity index is 1.94. The number of hydrogen-bond acceptors (Lipinski definition) is 2. The first-order valence-electron chi connectivity index (χ1n) is 8.37. The summed E-state index contributed by atoms with van der Waals surface area (Å²) in [5.74, 6) is -0.761. The molecule has 5 heteroatoms. The van der Waals surface area contributed by atoms with Crippen molar-refractivity contribution in [1.82, 2.24) is 10.2 Å². The third kappa shape index (κ3) is 3.69. The molecule has 0 aromatic rings.